The third kappa shape index (κ3) is 3.12. The summed E-state index contributed by atoms with van der Waals surface area (Å²) < 4.78 is 0. The number of benzene rings is 1. The smallest absolute Gasteiger partial charge is 0.251 e. The second-order valence-corrected chi connectivity index (χ2v) is 4.81. The van der Waals surface area contributed by atoms with Crippen LogP contribution in [0.2, 0.25) is 0 Å². The molecular formula is C14H19N3O2. The van der Waals surface area contributed by atoms with Gasteiger partial charge in [-0.3, -0.25) is 9.59 Å². The molecule has 1 saturated heterocycles. The van der Waals surface area contributed by atoms with Crippen LogP contribution in [-0.2, 0) is 11.2 Å². The summed E-state index contributed by atoms with van der Waals surface area (Å²) in [7, 11) is 1.75. The first kappa shape index (κ1) is 13.5. The number of rotatable bonds is 4. The van der Waals surface area contributed by atoms with Gasteiger partial charge in [0, 0.05) is 19.2 Å². The number of likely N-dealkylation sites (tertiary alicyclic amines) is 1. The molecule has 0 bridgehead atoms. The second kappa shape index (κ2) is 5.84. The van der Waals surface area contributed by atoms with E-state index in [-0.39, 0.29) is 17.9 Å². The largest absolute Gasteiger partial charge is 0.344 e. The maximum atomic E-state index is 12.0. The molecule has 1 fully saturated rings. The van der Waals surface area contributed by atoms with Gasteiger partial charge >= 0.3 is 0 Å². The van der Waals surface area contributed by atoms with E-state index >= 15 is 0 Å². The van der Waals surface area contributed by atoms with Crippen LogP contribution in [0.25, 0.3) is 0 Å². The molecule has 5 nitrogen and oxygen atoms in total. The SMILES string of the molecule is CN1CCC(NC(=O)c2ccc(CCN)cc2)C1=O. The quantitative estimate of drug-likeness (QED) is 0.810. The summed E-state index contributed by atoms with van der Waals surface area (Å²) in [5.41, 5.74) is 7.15. The van der Waals surface area contributed by atoms with Crippen LogP contribution in [-0.4, -0.2) is 42.9 Å². The molecule has 2 rings (SSSR count). The number of hydrogen-bond donors (Lipinski definition) is 2. The zero-order valence-electron chi connectivity index (χ0n) is 11.1. The fourth-order valence-electron chi connectivity index (χ4n) is 2.19. The zero-order valence-corrected chi connectivity index (χ0v) is 11.1. The molecule has 1 aromatic rings. The molecule has 1 unspecified atom stereocenters. The van der Waals surface area contributed by atoms with Gasteiger partial charge in [-0.05, 0) is 37.1 Å². The molecule has 102 valence electrons. The maximum absolute atomic E-state index is 12.0. The number of nitrogens with one attached hydrogen (secondary N) is 1. The van der Waals surface area contributed by atoms with Gasteiger partial charge in [-0.1, -0.05) is 12.1 Å². The van der Waals surface area contributed by atoms with Crippen LogP contribution < -0.4 is 11.1 Å². The van der Waals surface area contributed by atoms with E-state index in [0.29, 0.717) is 25.1 Å². The van der Waals surface area contributed by atoms with Crippen molar-refractivity contribution in [3.8, 4) is 0 Å². The van der Waals surface area contributed by atoms with Crippen molar-refractivity contribution in [1.82, 2.24) is 10.2 Å². The van der Waals surface area contributed by atoms with E-state index in [4.69, 9.17) is 5.73 Å². The predicted octanol–water partition coefficient (Wildman–Crippen LogP) is 0.148. The van der Waals surface area contributed by atoms with Crippen LogP contribution in [0.1, 0.15) is 22.3 Å². The van der Waals surface area contributed by atoms with E-state index in [1.54, 1.807) is 24.1 Å². The number of carbonyl (C=O) groups is 2. The van der Waals surface area contributed by atoms with E-state index in [2.05, 4.69) is 5.32 Å². The van der Waals surface area contributed by atoms with Crippen LogP contribution in [0.5, 0.6) is 0 Å². The molecule has 1 aromatic carbocycles. The Morgan fingerprint density at radius 2 is 2.11 bits per heavy atom. The van der Waals surface area contributed by atoms with Crippen LogP contribution >= 0.6 is 0 Å². The number of amides is 2. The van der Waals surface area contributed by atoms with E-state index in [9.17, 15) is 9.59 Å². The van der Waals surface area contributed by atoms with Crippen molar-refractivity contribution in [2.45, 2.75) is 18.9 Å². The van der Waals surface area contributed by atoms with Crippen LogP contribution in [0, 0.1) is 0 Å². The Labute approximate surface area is 112 Å². The number of nitrogens with zero attached hydrogens (tertiary/aromatic N) is 1. The Balaban J connectivity index is 1.98. The molecule has 1 heterocycles. The van der Waals surface area contributed by atoms with Gasteiger partial charge < -0.3 is 16.0 Å². The monoisotopic (exact) mass is 261 g/mol. The Morgan fingerprint density at radius 1 is 1.42 bits per heavy atom. The lowest BCUT2D eigenvalue weighted by molar-refractivity contribution is -0.128. The normalized spacial score (nSPS) is 18.7. The fraction of sp³-hybridized carbons (Fsp3) is 0.429. The molecule has 2 amide bonds. The third-order valence-corrected chi connectivity index (χ3v) is 3.38. The molecule has 1 aliphatic rings. The minimum absolute atomic E-state index is 0.0203. The van der Waals surface area contributed by atoms with Crippen molar-refractivity contribution in [3.63, 3.8) is 0 Å². The molecule has 19 heavy (non-hydrogen) atoms. The van der Waals surface area contributed by atoms with E-state index < -0.39 is 0 Å². The van der Waals surface area contributed by atoms with E-state index in [0.717, 1.165) is 12.0 Å². The fourth-order valence-corrected chi connectivity index (χ4v) is 2.19. The van der Waals surface area contributed by atoms with Crippen molar-refractivity contribution in [3.05, 3.63) is 35.4 Å². The van der Waals surface area contributed by atoms with Crippen LogP contribution in [0.15, 0.2) is 24.3 Å². The Morgan fingerprint density at radius 3 is 2.63 bits per heavy atom. The predicted molar refractivity (Wildman–Crippen MR) is 72.7 cm³/mol. The van der Waals surface area contributed by atoms with Crippen molar-refractivity contribution in [2.75, 3.05) is 20.1 Å². The third-order valence-electron chi connectivity index (χ3n) is 3.38. The summed E-state index contributed by atoms with van der Waals surface area (Å²) in [6.45, 7) is 1.29. The van der Waals surface area contributed by atoms with Gasteiger partial charge in [0.15, 0.2) is 0 Å². The molecule has 0 saturated carbocycles. The number of likely N-dealkylation sites (N-methyl/N-ethyl adjacent to an activating group) is 1. The highest BCUT2D eigenvalue weighted by Crippen LogP contribution is 2.10. The molecule has 0 radical (unpaired) electrons. The molecule has 1 aliphatic heterocycles. The highest BCUT2D eigenvalue weighted by molar-refractivity contribution is 5.98. The average molecular weight is 261 g/mol. The molecule has 0 aliphatic carbocycles. The minimum atomic E-state index is -0.388. The number of hydrogen-bond acceptors (Lipinski definition) is 3. The maximum Gasteiger partial charge on any atom is 0.251 e. The van der Waals surface area contributed by atoms with Gasteiger partial charge in [-0.15, -0.1) is 0 Å². The van der Waals surface area contributed by atoms with Crippen molar-refractivity contribution in [1.29, 1.82) is 0 Å². The van der Waals surface area contributed by atoms with Gasteiger partial charge in [0.2, 0.25) is 5.91 Å². The molecule has 0 aromatic heterocycles. The minimum Gasteiger partial charge on any atom is -0.344 e. The lowest BCUT2D eigenvalue weighted by Gasteiger charge is -2.12. The summed E-state index contributed by atoms with van der Waals surface area (Å²) in [6.07, 6.45) is 1.47. The van der Waals surface area contributed by atoms with Crippen molar-refractivity contribution in [2.24, 2.45) is 5.73 Å². The molecule has 3 N–H and O–H groups in total. The van der Waals surface area contributed by atoms with Crippen molar-refractivity contribution < 1.29 is 9.59 Å². The zero-order chi connectivity index (χ0) is 13.8. The molecule has 1 atom stereocenters. The summed E-state index contributed by atoms with van der Waals surface area (Å²) in [4.78, 5) is 25.4. The Kier molecular flexibility index (Phi) is 4.16. The lowest BCUT2D eigenvalue weighted by atomic mass is 10.1. The Hall–Kier alpha value is -1.88. The summed E-state index contributed by atoms with van der Waals surface area (Å²) in [5, 5.41) is 2.77. The van der Waals surface area contributed by atoms with Gasteiger partial charge in [-0.2, -0.15) is 0 Å². The molecular weight excluding hydrogens is 242 g/mol. The summed E-state index contributed by atoms with van der Waals surface area (Å²) >= 11 is 0. The van der Waals surface area contributed by atoms with Gasteiger partial charge in [0.05, 0.1) is 0 Å². The Bertz CT molecular complexity index is 470. The first-order valence-corrected chi connectivity index (χ1v) is 6.46. The number of nitrogens with two attached hydrogens (primary N) is 1. The van der Waals surface area contributed by atoms with Crippen LogP contribution in [0.3, 0.4) is 0 Å². The van der Waals surface area contributed by atoms with E-state index in [1.165, 1.54) is 0 Å². The van der Waals surface area contributed by atoms with Gasteiger partial charge in [0.1, 0.15) is 6.04 Å². The summed E-state index contributed by atoms with van der Waals surface area (Å²) in [5.74, 6) is -0.221. The highest BCUT2D eigenvalue weighted by atomic mass is 16.2. The van der Waals surface area contributed by atoms with Crippen molar-refractivity contribution >= 4 is 11.8 Å². The van der Waals surface area contributed by atoms with E-state index in [1.807, 2.05) is 12.1 Å². The topological polar surface area (TPSA) is 75.4 Å². The number of carbonyl (C=O) groups excluding carboxylic acids is 2. The summed E-state index contributed by atoms with van der Waals surface area (Å²) in [6, 6.07) is 6.93. The first-order valence-electron chi connectivity index (χ1n) is 6.46. The first-order chi connectivity index (χ1) is 9.11. The molecule has 5 heteroatoms. The highest BCUT2D eigenvalue weighted by Gasteiger charge is 2.30. The van der Waals surface area contributed by atoms with Crippen LogP contribution in [0.4, 0.5) is 0 Å². The average Bonchev–Trinajstić information content (AvgIpc) is 2.72. The second-order valence-electron chi connectivity index (χ2n) is 4.81. The van der Waals surface area contributed by atoms with Gasteiger partial charge in [0.25, 0.3) is 5.91 Å². The molecule has 0 spiro atoms. The van der Waals surface area contributed by atoms with Gasteiger partial charge in [-0.25, -0.2) is 0 Å². The lowest BCUT2D eigenvalue weighted by Crippen LogP contribution is -2.40. The standard InChI is InChI=1S/C14H19N3O2/c1-17-9-7-12(14(17)19)16-13(18)11-4-2-10(3-5-11)6-8-15/h2-5,12H,6-9,15H2,1H3,(H,16,18).